The minimum Gasteiger partial charge on any atom is -0.455 e. The molecule has 0 aliphatic carbocycles. The van der Waals surface area contributed by atoms with Gasteiger partial charge in [-0.1, -0.05) is 5.16 Å². The van der Waals surface area contributed by atoms with Crippen molar-refractivity contribution in [2.45, 2.75) is 18.7 Å². The molecule has 108 valence electrons. The van der Waals surface area contributed by atoms with Crippen LogP contribution >= 0.6 is 0 Å². The fourth-order valence-electron chi connectivity index (χ4n) is 1.56. The van der Waals surface area contributed by atoms with E-state index in [0.29, 0.717) is 5.76 Å². The molecule has 0 unspecified atom stereocenters. The van der Waals surface area contributed by atoms with Crippen LogP contribution in [0.4, 0.5) is 5.82 Å². The SMILES string of the molecule is CNS(=O)(=O)c1cc(C(=O)Nc2cc(C)on2)oc1C. The maximum atomic E-state index is 11.9. The van der Waals surface area contributed by atoms with Gasteiger partial charge < -0.3 is 14.3 Å². The van der Waals surface area contributed by atoms with Gasteiger partial charge in [0.2, 0.25) is 10.0 Å². The summed E-state index contributed by atoms with van der Waals surface area (Å²) >= 11 is 0. The number of aromatic nitrogens is 1. The van der Waals surface area contributed by atoms with E-state index in [2.05, 4.69) is 15.2 Å². The molecule has 0 saturated carbocycles. The fraction of sp³-hybridized carbons (Fsp3) is 0.273. The van der Waals surface area contributed by atoms with Crippen molar-refractivity contribution in [3.05, 3.63) is 29.4 Å². The molecule has 2 heterocycles. The van der Waals surface area contributed by atoms with Gasteiger partial charge >= 0.3 is 0 Å². The van der Waals surface area contributed by atoms with Crippen LogP contribution in [-0.4, -0.2) is 26.5 Å². The van der Waals surface area contributed by atoms with E-state index in [9.17, 15) is 13.2 Å². The van der Waals surface area contributed by atoms with Crippen LogP contribution in [0.25, 0.3) is 0 Å². The van der Waals surface area contributed by atoms with Gasteiger partial charge in [-0.3, -0.25) is 4.79 Å². The zero-order chi connectivity index (χ0) is 14.9. The Hall–Kier alpha value is -2.13. The molecular formula is C11H13N3O5S. The van der Waals surface area contributed by atoms with Gasteiger partial charge in [-0.2, -0.15) is 0 Å². The van der Waals surface area contributed by atoms with Gasteiger partial charge in [0.05, 0.1) is 0 Å². The molecule has 0 bridgehead atoms. The molecule has 0 aliphatic rings. The molecule has 2 rings (SSSR count). The monoisotopic (exact) mass is 299 g/mol. The quantitative estimate of drug-likeness (QED) is 0.872. The van der Waals surface area contributed by atoms with Crippen molar-refractivity contribution in [1.82, 2.24) is 9.88 Å². The molecule has 0 aromatic carbocycles. The van der Waals surface area contributed by atoms with Crippen LogP contribution in [0.3, 0.4) is 0 Å². The largest absolute Gasteiger partial charge is 0.455 e. The Balaban J connectivity index is 2.26. The number of aryl methyl sites for hydroxylation is 2. The summed E-state index contributed by atoms with van der Waals surface area (Å²) < 4.78 is 35.5. The van der Waals surface area contributed by atoms with Crippen molar-refractivity contribution in [2.75, 3.05) is 12.4 Å². The minimum absolute atomic E-state index is 0.0820. The summed E-state index contributed by atoms with van der Waals surface area (Å²) in [6.45, 7) is 3.14. The van der Waals surface area contributed by atoms with Crippen LogP contribution in [-0.2, 0) is 10.0 Å². The van der Waals surface area contributed by atoms with Gasteiger partial charge in [-0.15, -0.1) is 0 Å². The van der Waals surface area contributed by atoms with E-state index in [4.69, 9.17) is 8.94 Å². The summed E-state index contributed by atoms with van der Waals surface area (Å²) in [5, 5.41) is 6.03. The first-order chi connectivity index (χ1) is 9.33. The first-order valence-electron chi connectivity index (χ1n) is 5.62. The number of carbonyl (C=O) groups excluding carboxylic acids is 1. The van der Waals surface area contributed by atoms with Crippen LogP contribution in [0.1, 0.15) is 22.1 Å². The Morgan fingerprint density at radius 1 is 1.30 bits per heavy atom. The molecule has 0 saturated heterocycles. The molecule has 0 atom stereocenters. The average molecular weight is 299 g/mol. The Kier molecular flexibility index (Phi) is 3.64. The van der Waals surface area contributed by atoms with E-state index < -0.39 is 15.9 Å². The molecule has 0 fully saturated rings. The molecule has 9 heteroatoms. The Morgan fingerprint density at radius 3 is 2.55 bits per heavy atom. The zero-order valence-electron chi connectivity index (χ0n) is 11.1. The first kappa shape index (κ1) is 14.3. The number of nitrogens with one attached hydrogen (secondary N) is 2. The van der Waals surface area contributed by atoms with Gasteiger partial charge in [0, 0.05) is 12.1 Å². The highest BCUT2D eigenvalue weighted by Crippen LogP contribution is 2.20. The highest BCUT2D eigenvalue weighted by atomic mass is 32.2. The molecule has 8 nitrogen and oxygen atoms in total. The normalized spacial score (nSPS) is 11.6. The molecule has 20 heavy (non-hydrogen) atoms. The van der Waals surface area contributed by atoms with E-state index in [1.165, 1.54) is 20.0 Å². The van der Waals surface area contributed by atoms with Crippen LogP contribution in [0.5, 0.6) is 0 Å². The van der Waals surface area contributed by atoms with Gasteiger partial charge in [0.15, 0.2) is 11.6 Å². The van der Waals surface area contributed by atoms with Crippen LogP contribution in [0.2, 0.25) is 0 Å². The summed E-state index contributed by atoms with van der Waals surface area (Å²) in [6, 6.07) is 2.68. The van der Waals surface area contributed by atoms with E-state index in [0.717, 1.165) is 6.07 Å². The smallest absolute Gasteiger partial charge is 0.292 e. The van der Waals surface area contributed by atoms with Crippen LogP contribution < -0.4 is 10.0 Å². The summed E-state index contributed by atoms with van der Waals surface area (Å²) in [5.41, 5.74) is 0. The van der Waals surface area contributed by atoms with Gasteiger partial charge in [0.25, 0.3) is 5.91 Å². The van der Waals surface area contributed by atoms with Gasteiger partial charge in [-0.25, -0.2) is 13.1 Å². The number of sulfonamides is 1. The lowest BCUT2D eigenvalue weighted by atomic mass is 10.4. The average Bonchev–Trinajstić information content (AvgIpc) is 2.96. The van der Waals surface area contributed by atoms with Crippen molar-refractivity contribution >= 4 is 21.7 Å². The zero-order valence-corrected chi connectivity index (χ0v) is 11.9. The number of carbonyl (C=O) groups is 1. The minimum atomic E-state index is -3.67. The third-order valence-electron chi connectivity index (χ3n) is 2.52. The second-order valence-corrected chi connectivity index (χ2v) is 5.87. The van der Waals surface area contributed by atoms with E-state index in [1.807, 2.05) is 0 Å². The van der Waals surface area contributed by atoms with Crippen molar-refractivity contribution < 1.29 is 22.2 Å². The van der Waals surface area contributed by atoms with Gasteiger partial charge in [-0.05, 0) is 20.9 Å². The van der Waals surface area contributed by atoms with Crippen LogP contribution in [0.15, 0.2) is 26.0 Å². The molecule has 0 spiro atoms. The number of nitrogens with zero attached hydrogens (tertiary/aromatic N) is 1. The first-order valence-corrected chi connectivity index (χ1v) is 7.10. The topological polar surface area (TPSA) is 114 Å². The molecular weight excluding hydrogens is 286 g/mol. The second kappa shape index (κ2) is 5.10. The summed E-state index contributed by atoms with van der Waals surface area (Å²) in [5.74, 6) is 0.144. The third-order valence-corrected chi connectivity index (χ3v) is 4.05. The molecule has 2 N–H and O–H groups in total. The summed E-state index contributed by atoms with van der Waals surface area (Å²) in [6.07, 6.45) is 0. The third kappa shape index (κ3) is 2.73. The summed E-state index contributed by atoms with van der Waals surface area (Å²) in [7, 11) is -2.39. The predicted octanol–water partition coefficient (Wildman–Crippen LogP) is 1.04. The number of hydrogen-bond acceptors (Lipinski definition) is 6. The summed E-state index contributed by atoms with van der Waals surface area (Å²) in [4.78, 5) is 11.8. The lowest BCUT2D eigenvalue weighted by molar-refractivity contribution is 0.0994. The van der Waals surface area contributed by atoms with Crippen molar-refractivity contribution in [1.29, 1.82) is 0 Å². The van der Waals surface area contributed by atoms with Crippen molar-refractivity contribution in [3.8, 4) is 0 Å². The highest BCUT2D eigenvalue weighted by molar-refractivity contribution is 7.89. The Bertz CT molecular complexity index is 744. The second-order valence-electron chi connectivity index (χ2n) is 4.02. The van der Waals surface area contributed by atoms with E-state index in [-0.39, 0.29) is 22.2 Å². The maximum Gasteiger partial charge on any atom is 0.292 e. The Morgan fingerprint density at radius 2 is 2.00 bits per heavy atom. The number of anilines is 1. The van der Waals surface area contributed by atoms with Crippen molar-refractivity contribution in [2.24, 2.45) is 0 Å². The molecule has 1 amide bonds. The lowest BCUT2D eigenvalue weighted by Gasteiger charge is -1.97. The molecule has 0 radical (unpaired) electrons. The van der Waals surface area contributed by atoms with E-state index in [1.54, 1.807) is 6.92 Å². The van der Waals surface area contributed by atoms with Gasteiger partial charge in [0.1, 0.15) is 16.4 Å². The molecule has 0 aliphatic heterocycles. The fourth-order valence-corrected chi connectivity index (χ4v) is 2.46. The number of furan rings is 1. The highest BCUT2D eigenvalue weighted by Gasteiger charge is 2.23. The number of hydrogen-bond donors (Lipinski definition) is 2. The molecule has 2 aromatic heterocycles. The maximum absolute atomic E-state index is 11.9. The van der Waals surface area contributed by atoms with Crippen LogP contribution in [0, 0.1) is 13.8 Å². The number of amides is 1. The lowest BCUT2D eigenvalue weighted by Crippen LogP contribution is -2.18. The van der Waals surface area contributed by atoms with E-state index >= 15 is 0 Å². The number of rotatable bonds is 4. The Labute approximate surface area is 115 Å². The van der Waals surface area contributed by atoms with Crippen molar-refractivity contribution in [3.63, 3.8) is 0 Å². The predicted molar refractivity (Wildman–Crippen MR) is 68.9 cm³/mol. The molecule has 2 aromatic rings. The standard InChI is InChI=1S/C11H13N3O5S/c1-6-4-10(14-19-6)13-11(15)8-5-9(7(2)18-8)20(16,17)12-3/h4-5,12H,1-3H3,(H,13,14,15).